The van der Waals surface area contributed by atoms with Gasteiger partial charge in [-0.2, -0.15) is 0 Å². The van der Waals surface area contributed by atoms with Crippen LogP contribution < -0.4 is 9.64 Å². The lowest BCUT2D eigenvalue weighted by Gasteiger charge is -2.28. The van der Waals surface area contributed by atoms with Crippen LogP contribution in [0.1, 0.15) is 16.7 Å². The van der Waals surface area contributed by atoms with Crippen molar-refractivity contribution >= 4 is 85.5 Å². The van der Waals surface area contributed by atoms with Crippen molar-refractivity contribution in [2.24, 2.45) is 4.99 Å². The van der Waals surface area contributed by atoms with Crippen LogP contribution in [0.4, 0.5) is 11.4 Å². The number of nitrogens with zero attached hydrogens (tertiary/aromatic N) is 3. The number of ether oxygens (including phenoxy) is 2. The predicted molar refractivity (Wildman–Crippen MR) is 172 cm³/mol. The van der Waals surface area contributed by atoms with Crippen molar-refractivity contribution in [3.8, 4) is 5.75 Å². The molecule has 3 aromatic carbocycles. The molecule has 2 fully saturated rings. The fourth-order valence-electron chi connectivity index (χ4n) is 4.23. The third-order valence-corrected chi connectivity index (χ3v) is 8.90. The second kappa shape index (κ2) is 12.4. The second-order valence-corrected chi connectivity index (χ2v) is 12.4. The van der Waals surface area contributed by atoms with Gasteiger partial charge in [-0.05, 0) is 117 Å². The summed E-state index contributed by atoms with van der Waals surface area (Å²) < 4.78 is 13.6. The zero-order chi connectivity index (χ0) is 26.6. The van der Waals surface area contributed by atoms with Gasteiger partial charge in [0.25, 0.3) is 5.91 Å². The number of anilines is 1. The first-order chi connectivity index (χ1) is 18.4. The molecule has 0 aromatic heterocycles. The van der Waals surface area contributed by atoms with Crippen molar-refractivity contribution in [3.63, 3.8) is 0 Å². The fraction of sp³-hybridized carbons (Fsp3) is 0.241. The largest absolute Gasteiger partial charge is 0.487 e. The van der Waals surface area contributed by atoms with E-state index < -0.39 is 0 Å². The molecule has 0 N–H and O–H groups in total. The molecule has 2 aliphatic rings. The Morgan fingerprint density at radius 3 is 2.45 bits per heavy atom. The molecule has 38 heavy (non-hydrogen) atoms. The molecule has 1 amide bonds. The standard InChI is InChI=1S/C29H27I2N3O3S/c1-19-4-3-5-20(14-19)18-37-27-24(30)15-21(16-25(27)31)17-26-28(35)33(2)29(38-26)32-22-6-8-23(9-7-22)34-10-12-36-13-11-34/h3-9,14-17H,10-13,18H2,1-2H3/b26-17-,32-29?. The van der Waals surface area contributed by atoms with E-state index in [-0.39, 0.29) is 5.91 Å². The molecular formula is C29H27I2N3O3S. The van der Waals surface area contributed by atoms with Gasteiger partial charge in [0.05, 0.1) is 30.9 Å². The minimum absolute atomic E-state index is 0.0523. The number of aryl methyl sites for hydroxylation is 1. The van der Waals surface area contributed by atoms with Crippen LogP contribution in [0.5, 0.6) is 5.75 Å². The van der Waals surface area contributed by atoms with Crippen molar-refractivity contribution in [3.05, 3.63) is 89.4 Å². The first-order valence-corrected chi connectivity index (χ1v) is 15.2. The summed E-state index contributed by atoms with van der Waals surface area (Å²) in [5.74, 6) is 0.809. The minimum Gasteiger partial charge on any atom is -0.487 e. The van der Waals surface area contributed by atoms with Crippen LogP contribution in [-0.2, 0) is 16.1 Å². The van der Waals surface area contributed by atoms with Crippen molar-refractivity contribution in [2.75, 3.05) is 38.3 Å². The number of aliphatic imine (C=N–C) groups is 1. The first-order valence-electron chi connectivity index (χ1n) is 12.2. The molecule has 0 unspecified atom stereocenters. The van der Waals surface area contributed by atoms with E-state index in [4.69, 9.17) is 14.5 Å². The van der Waals surface area contributed by atoms with Gasteiger partial charge in [-0.15, -0.1) is 0 Å². The van der Waals surface area contributed by atoms with Gasteiger partial charge >= 0.3 is 0 Å². The van der Waals surface area contributed by atoms with Gasteiger partial charge in [0, 0.05) is 25.8 Å². The quantitative estimate of drug-likeness (QED) is 0.204. The van der Waals surface area contributed by atoms with E-state index in [1.54, 1.807) is 11.9 Å². The molecule has 0 spiro atoms. The molecule has 5 rings (SSSR count). The number of rotatable bonds is 6. The molecule has 0 saturated carbocycles. The SMILES string of the molecule is Cc1cccc(COc2c(I)cc(/C=C3\SC(=Nc4ccc(N5CCOCC5)cc4)N(C)C3=O)cc2I)c1. The van der Waals surface area contributed by atoms with E-state index in [2.05, 4.69) is 99.5 Å². The van der Waals surface area contributed by atoms with Gasteiger partial charge in [-0.1, -0.05) is 29.8 Å². The summed E-state index contributed by atoms with van der Waals surface area (Å²) in [5, 5.41) is 0.669. The van der Waals surface area contributed by atoms with Gasteiger partial charge in [0.2, 0.25) is 0 Å². The van der Waals surface area contributed by atoms with Crippen LogP contribution in [-0.4, -0.2) is 49.3 Å². The first kappa shape index (κ1) is 27.5. The van der Waals surface area contributed by atoms with Crippen molar-refractivity contribution in [2.45, 2.75) is 13.5 Å². The highest BCUT2D eigenvalue weighted by Crippen LogP contribution is 2.36. The fourth-order valence-corrected chi connectivity index (χ4v) is 7.35. The van der Waals surface area contributed by atoms with Crippen molar-refractivity contribution in [1.29, 1.82) is 0 Å². The Hall–Kier alpha value is -2.09. The Labute approximate surface area is 254 Å². The summed E-state index contributed by atoms with van der Waals surface area (Å²) in [7, 11) is 1.77. The number of halogens is 2. The van der Waals surface area contributed by atoms with E-state index in [9.17, 15) is 4.79 Å². The highest BCUT2D eigenvalue weighted by Gasteiger charge is 2.30. The minimum atomic E-state index is -0.0523. The summed E-state index contributed by atoms with van der Waals surface area (Å²) in [6.45, 7) is 5.89. The Morgan fingerprint density at radius 1 is 1.05 bits per heavy atom. The molecule has 6 nitrogen and oxygen atoms in total. The number of amidine groups is 1. The Balaban J connectivity index is 1.29. The lowest BCUT2D eigenvalue weighted by Crippen LogP contribution is -2.36. The van der Waals surface area contributed by atoms with E-state index in [0.29, 0.717) is 16.7 Å². The molecule has 3 aromatic rings. The maximum Gasteiger partial charge on any atom is 0.266 e. The summed E-state index contributed by atoms with van der Waals surface area (Å²) >= 11 is 6.00. The van der Waals surface area contributed by atoms with E-state index in [1.807, 2.05) is 24.3 Å². The molecule has 2 aliphatic heterocycles. The van der Waals surface area contributed by atoms with Crippen LogP contribution in [0, 0.1) is 14.1 Å². The number of thioether (sulfide) groups is 1. The van der Waals surface area contributed by atoms with Gasteiger partial charge in [-0.25, -0.2) is 4.99 Å². The van der Waals surface area contributed by atoms with Crippen molar-refractivity contribution < 1.29 is 14.3 Å². The lowest BCUT2D eigenvalue weighted by atomic mass is 10.1. The molecule has 0 atom stereocenters. The maximum atomic E-state index is 13.0. The Kier molecular flexibility index (Phi) is 8.96. The summed E-state index contributed by atoms with van der Waals surface area (Å²) in [5.41, 5.74) is 5.30. The normalized spacial score (nSPS) is 18.1. The summed E-state index contributed by atoms with van der Waals surface area (Å²) in [4.78, 5) is 22.3. The highest BCUT2D eigenvalue weighted by atomic mass is 127. The van der Waals surface area contributed by atoms with Crippen molar-refractivity contribution in [1.82, 2.24) is 4.90 Å². The molecule has 9 heteroatoms. The van der Waals surface area contributed by atoms with E-state index >= 15 is 0 Å². The Bertz CT molecular complexity index is 1380. The van der Waals surface area contributed by atoms with Gasteiger partial charge < -0.3 is 14.4 Å². The zero-order valence-electron chi connectivity index (χ0n) is 21.1. The number of carbonyl (C=O) groups is 1. The molecule has 0 bridgehead atoms. The van der Waals surface area contributed by atoms with Crippen LogP contribution in [0.2, 0.25) is 0 Å². The third-order valence-electron chi connectivity index (χ3n) is 6.24. The lowest BCUT2D eigenvalue weighted by molar-refractivity contribution is -0.121. The zero-order valence-corrected chi connectivity index (χ0v) is 26.2. The average Bonchev–Trinajstić information content (AvgIpc) is 3.16. The van der Waals surface area contributed by atoms with Crippen LogP contribution in [0.3, 0.4) is 0 Å². The molecule has 2 heterocycles. The highest BCUT2D eigenvalue weighted by molar-refractivity contribution is 14.1. The average molecular weight is 751 g/mol. The van der Waals surface area contributed by atoms with Gasteiger partial charge in [0.15, 0.2) is 5.17 Å². The maximum absolute atomic E-state index is 13.0. The predicted octanol–water partition coefficient (Wildman–Crippen LogP) is 6.85. The van der Waals surface area contributed by atoms with Crippen LogP contribution in [0.25, 0.3) is 6.08 Å². The number of hydrogen-bond acceptors (Lipinski definition) is 6. The molecule has 0 radical (unpaired) electrons. The van der Waals surface area contributed by atoms with E-state index in [0.717, 1.165) is 61.7 Å². The number of amides is 1. The van der Waals surface area contributed by atoms with Crippen LogP contribution in [0.15, 0.2) is 70.6 Å². The van der Waals surface area contributed by atoms with Gasteiger partial charge in [0.1, 0.15) is 12.4 Å². The monoisotopic (exact) mass is 751 g/mol. The topological polar surface area (TPSA) is 54.4 Å². The number of morpholine rings is 1. The molecule has 0 aliphatic carbocycles. The number of benzene rings is 3. The molecular weight excluding hydrogens is 724 g/mol. The third kappa shape index (κ3) is 6.54. The van der Waals surface area contributed by atoms with Crippen LogP contribution >= 0.6 is 56.9 Å². The molecule has 196 valence electrons. The molecule has 2 saturated heterocycles. The smallest absolute Gasteiger partial charge is 0.266 e. The van der Waals surface area contributed by atoms with Gasteiger partial charge in [-0.3, -0.25) is 9.69 Å². The second-order valence-electron chi connectivity index (χ2n) is 9.08. The number of likely N-dealkylation sites (N-methyl/N-ethyl adjacent to an activating group) is 1. The number of carbonyl (C=O) groups excluding carboxylic acids is 1. The Morgan fingerprint density at radius 2 is 1.76 bits per heavy atom. The van der Waals surface area contributed by atoms with E-state index in [1.165, 1.54) is 17.3 Å². The summed E-state index contributed by atoms with van der Waals surface area (Å²) in [6.07, 6.45) is 1.93. The number of hydrogen-bond donors (Lipinski definition) is 0. The summed E-state index contributed by atoms with van der Waals surface area (Å²) in [6, 6.07) is 20.6.